The zero-order valence-corrected chi connectivity index (χ0v) is 13.6. The number of aryl methyl sites for hydroxylation is 1. The van der Waals surface area contributed by atoms with Crippen LogP contribution in [-0.4, -0.2) is 0 Å². The Labute approximate surface area is 124 Å². The van der Waals surface area contributed by atoms with E-state index in [2.05, 4.69) is 87.2 Å². The summed E-state index contributed by atoms with van der Waals surface area (Å²) in [5.41, 5.74) is 6.59. The summed E-state index contributed by atoms with van der Waals surface area (Å²) >= 11 is 2.37. The number of hydrogen-bond acceptors (Lipinski definition) is 0. The fourth-order valence-corrected chi connectivity index (χ4v) is 2.91. The molecule has 94 valence electrons. The summed E-state index contributed by atoms with van der Waals surface area (Å²) in [5.74, 6) is 0. The van der Waals surface area contributed by atoms with E-state index < -0.39 is 0 Å². The molecule has 0 aliphatic heterocycles. The molecule has 0 spiro atoms. The molecule has 0 amide bonds. The molecule has 0 fully saturated rings. The maximum atomic E-state index is 4.29. The summed E-state index contributed by atoms with van der Waals surface area (Å²) in [4.78, 5) is 0. The molecule has 0 radical (unpaired) electrons. The molecule has 18 heavy (non-hydrogen) atoms. The van der Waals surface area contributed by atoms with Gasteiger partial charge < -0.3 is 0 Å². The van der Waals surface area contributed by atoms with Gasteiger partial charge in [0.2, 0.25) is 0 Å². The van der Waals surface area contributed by atoms with Gasteiger partial charge in [0, 0.05) is 8.99 Å². The molecule has 1 aromatic rings. The van der Waals surface area contributed by atoms with E-state index in [1.165, 1.54) is 31.4 Å². The van der Waals surface area contributed by atoms with Crippen LogP contribution in [0.5, 0.6) is 0 Å². The molecule has 1 aliphatic rings. The first-order chi connectivity index (χ1) is 8.37. The highest BCUT2D eigenvalue weighted by Gasteiger charge is 2.37. The van der Waals surface area contributed by atoms with Gasteiger partial charge in [0.15, 0.2) is 0 Å². The molecule has 0 saturated heterocycles. The van der Waals surface area contributed by atoms with E-state index in [0.717, 1.165) is 0 Å². The Balaban J connectivity index is 2.65. The van der Waals surface area contributed by atoms with Crippen LogP contribution >= 0.6 is 22.6 Å². The Morgan fingerprint density at radius 1 is 1.33 bits per heavy atom. The van der Waals surface area contributed by atoms with Crippen molar-refractivity contribution < 1.29 is 0 Å². The molecule has 0 saturated carbocycles. The third-order valence-electron chi connectivity index (χ3n) is 3.73. The van der Waals surface area contributed by atoms with E-state index >= 15 is 0 Å². The van der Waals surface area contributed by atoms with Crippen LogP contribution in [0.15, 0.2) is 46.1 Å². The van der Waals surface area contributed by atoms with Crippen molar-refractivity contribution in [2.45, 2.75) is 33.1 Å². The molecule has 2 rings (SSSR count). The monoisotopic (exact) mass is 350 g/mol. The Kier molecular flexibility index (Phi) is 3.54. The van der Waals surface area contributed by atoms with Crippen LogP contribution in [0, 0.1) is 6.92 Å². The molecule has 1 heteroatoms. The van der Waals surface area contributed by atoms with Crippen molar-refractivity contribution in [3.8, 4) is 0 Å². The topological polar surface area (TPSA) is 0 Å². The average molecular weight is 350 g/mol. The van der Waals surface area contributed by atoms with E-state index in [0.29, 0.717) is 0 Å². The Hall–Kier alpha value is -0.830. The van der Waals surface area contributed by atoms with Gasteiger partial charge in [0.05, 0.1) is 0 Å². The first-order valence-corrected chi connectivity index (χ1v) is 7.30. The van der Waals surface area contributed by atoms with Crippen LogP contribution in [0.4, 0.5) is 0 Å². The zero-order valence-electron chi connectivity index (χ0n) is 11.5. The number of halogens is 1. The fourth-order valence-electron chi connectivity index (χ4n) is 2.59. The number of allylic oxidation sites excluding steroid dienone is 5. The van der Waals surface area contributed by atoms with Gasteiger partial charge in [0.1, 0.15) is 0 Å². The lowest BCUT2D eigenvalue weighted by Gasteiger charge is -2.22. The lowest BCUT2D eigenvalue weighted by Crippen LogP contribution is -2.15. The Morgan fingerprint density at radius 3 is 2.61 bits per heavy atom. The van der Waals surface area contributed by atoms with Crippen LogP contribution < -0.4 is 0 Å². The second-order valence-electron chi connectivity index (χ2n) is 5.38. The van der Waals surface area contributed by atoms with Crippen molar-refractivity contribution in [3.05, 3.63) is 62.8 Å². The number of rotatable bonds is 1. The normalized spacial score (nSPS) is 20.4. The molecule has 0 atom stereocenters. The van der Waals surface area contributed by atoms with Gasteiger partial charge in [-0.25, -0.2) is 0 Å². The van der Waals surface area contributed by atoms with E-state index in [1.54, 1.807) is 0 Å². The lowest BCUT2D eigenvalue weighted by atomic mass is 9.82. The highest BCUT2D eigenvalue weighted by atomic mass is 127. The van der Waals surface area contributed by atoms with Crippen molar-refractivity contribution in [2.75, 3.05) is 0 Å². The molecule has 1 aromatic carbocycles. The Bertz CT molecular complexity index is 571. The fraction of sp³-hybridized carbons (Fsp3) is 0.294. The van der Waals surface area contributed by atoms with Crippen molar-refractivity contribution in [1.82, 2.24) is 0 Å². The smallest absolute Gasteiger partial charge is 0.0159 e. The number of fused-ring (bicyclic) bond motifs is 1. The van der Waals surface area contributed by atoms with Crippen molar-refractivity contribution in [3.63, 3.8) is 0 Å². The van der Waals surface area contributed by atoms with Crippen LogP contribution in [0.25, 0.3) is 5.57 Å². The molecule has 0 nitrogen and oxygen atoms in total. The van der Waals surface area contributed by atoms with Gasteiger partial charge in [-0.15, -0.1) is 0 Å². The minimum atomic E-state index is 0.0534. The van der Waals surface area contributed by atoms with Crippen molar-refractivity contribution in [1.29, 1.82) is 0 Å². The van der Waals surface area contributed by atoms with Crippen molar-refractivity contribution in [2.24, 2.45) is 0 Å². The van der Waals surface area contributed by atoms with Gasteiger partial charge in [-0.05, 0) is 64.8 Å². The standard InChI is InChI=1S/C17H19I/c1-6-13(18)10-15-12(3)14-8-7-11(2)9-16(14)17(15,4)5/h6-10H,3H2,1-2,4-5H3/b13-6+,15-10+. The maximum Gasteiger partial charge on any atom is 0.0159 e. The summed E-state index contributed by atoms with van der Waals surface area (Å²) in [5, 5.41) is 0. The highest BCUT2D eigenvalue weighted by molar-refractivity contribution is 14.1. The minimum absolute atomic E-state index is 0.0534. The predicted octanol–water partition coefficient (Wildman–Crippen LogP) is 5.56. The summed E-state index contributed by atoms with van der Waals surface area (Å²) in [6.45, 7) is 13.1. The van der Waals surface area contributed by atoms with E-state index in [1.807, 2.05) is 0 Å². The first kappa shape index (κ1) is 13.6. The van der Waals surface area contributed by atoms with Crippen LogP contribution in [0.1, 0.15) is 37.5 Å². The van der Waals surface area contributed by atoms with E-state index in [9.17, 15) is 0 Å². The van der Waals surface area contributed by atoms with Gasteiger partial charge >= 0.3 is 0 Å². The molecule has 0 heterocycles. The van der Waals surface area contributed by atoms with Gasteiger partial charge in [0.25, 0.3) is 0 Å². The number of hydrogen-bond donors (Lipinski definition) is 0. The molecular formula is C17H19I. The third kappa shape index (κ3) is 2.09. The van der Waals surface area contributed by atoms with Crippen LogP contribution in [0.2, 0.25) is 0 Å². The minimum Gasteiger partial charge on any atom is -0.0908 e. The highest BCUT2D eigenvalue weighted by Crippen LogP contribution is 2.49. The molecule has 0 N–H and O–H groups in total. The molecule has 1 aliphatic carbocycles. The molecule has 0 aromatic heterocycles. The van der Waals surface area contributed by atoms with Gasteiger partial charge in [-0.2, -0.15) is 0 Å². The maximum absolute atomic E-state index is 4.29. The quantitative estimate of drug-likeness (QED) is 0.582. The summed E-state index contributed by atoms with van der Waals surface area (Å²) in [6.07, 6.45) is 4.39. The summed E-state index contributed by atoms with van der Waals surface area (Å²) in [7, 11) is 0. The second-order valence-corrected chi connectivity index (χ2v) is 6.63. The Morgan fingerprint density at radius 2 is 2.00 bits per heavy atom. The van der Waals surface area contributed by atoms with Gasteiger partial charge in [-0.1, -0.05) is 50.3 Å². The van der Waals surface area contributed by atoms with E-state index in [4.69, 9.17) is 0 Å². The van der Waals surface area contributed by atoms with Crippen molar-refractivity contribution >= 4 is 28.2 Å². The second kappa shape index (κ2) is 4.69. The summed E-state index contributed by atoms with van der Waals surface area (Å²) < 4.78 is 1.27. The van der Waals surface area contributed by atoms with Crippen LogP contribution in [-0.2, 0) is 5.41 Å². The molecular weight excluding hydrogens is 331 g/mol. The molecule has 0 bridgehead atoms. The van der Waals surface area contributed by atoms with Crippen LogP contribution in [0.3, 0.4) is 0 Å². The zero-order chi connectivity index (χ0) is 13.5. The first-order valence-electron chi connectivity index (χ1n) is 6.22. The lowest BCUT2D eigenvalue weighted by molar-refractivity contribution is 0.660. The third-order valence-corrected chi connectivity index (χ3v) is 4.66. The SMILES string of the molecule is C=C1/C(=C\C(I)=C/C)C(C)(C)c2cc(C)ccc21. The predicted molar refractivity (Wildman–Crippen MR) is 89.1 cm³/mol. The average Bonchev–Trinajstić information content (AvgIpc) is 2.50. The number of benzene rings is 1. The summed E-state index contributed by atoms with van der Waals surface area (Å²) in [6, 6.07) is 6.67. The largest absolute Gasteiger partial charge is 0.0908 e. The van der Waals surface area contributed by atoms with E-state index in [-0.39, 0.29) is 5.41 Å². The molecule has 0 unspecified atom stereocenters. The van der Waals surface area contributed by atoms with Gasteiger partial charge in [-0.3, -0.25) is 0 Å².